The first-order chi connectivity index (χ1) is 10.2. The zero-order chi connectivity index (χ0) is 14.7. The fourth-order valence-electron chi connectivity index (χ4n) is 2.98. The van der Waals surface area contributed by atoms with Crippen molar-refractivity contribution in [3.05, 3.63) is 46.6 Å². The molecule has 112 valence electrons. The van der Waals surface area contributed by atoms with E-state index in [1.165, 1.54) is 31.2 Å². The number of aryl methyl sites for hydroxylation is 3. The molecule has 0 bridgehead atoms. The van der Waals surface area contributed by atoms with Crippen molar-refractivity contribution in [2.75, 3.05) is 6.54 Å². The normalized spacial score (nSPS) is 15.7. The summed E-state index contributed by atoms with van der Waals surface area (Å²) in [5.41, 5.74) is 4.46. The van der Waals surface area contributed by atoms with Gasteiger partial charge in [-0.05, 0) is 49.3 Å². The van der Waals surface area contributed by atoms with Gasteiger partial charge in [0.05, 0.1) is 0 Å². The Morgan fingerprint density at radius 1 is 1.24 bits per heavy atom. The maximum Gasteiger partial charge on any atom is 0.223 e. The molecule has 0 saturated heterocycles. The smallest absolute Gasteiger partial charge is 0.223 e. The summed E-state index contributed by atoms with van der Waals surface area (Å²) in [7, 11) is 0. The van der Waals surface area contributed by atoms with Crippen molar-refractivity contribution in [1.29, 1.82) is 0 Å². The van der Waals surface area contributed by atoms with Gasteiger partial charge in [0.1, 0.15) is 0 Å². The van der Waals surface area contributed by atoms with Gasteiger partial charge >= 0.3 is 0 Å². The average Bonchev–Trinajstić information content (AvgIpc) is 2.92. The van der Waals surface area contributed by atoms with E-state index < -0.39 is 0 Å². The summed E-state index contributed by atoms with van der Waals surface area (Å²) in [5, 5.41) is 7.46. The van der Waals surface area contributed by atoms with Gasteiger partial charge in [0.2, 0.25) is 5.89 Å². The molecule has 0 saturated carbocycles. The van der Waals surface area contributed by atoms with Gasteiger partial charge in [0.15, 0.2) is 5.82 Å². The third kappa shape index (κ3) is 3.50. The van der Waals surface area contributed by atoms with Crippen molar-refractivity contribution in [2.24, 2.45) is 0 Å². The molecule has 1 atom stereocenters. The number of nitrogens with one attached hydrogen (secondary N) is 1. The molecule has 1 aliphatic rings. The van der Waals surface area contributed by atoms with Crippen molar-refractivity contribution in [3.63, 3.8) is 0 Å². The fourth-order valence-corrected chi connectivity index (χ4v) is 2.98. The summed E-state index contributed by atoms with van der Waals surface area (Å²) < 4.78 is 4.98. The summed E-state index contributed by atoms with van der Waals surface area (Å²) in [6.45, 7) is 4.89. The molecule has 0 fully saturated rings. The average molecular weight is 285 g/mol. The summed E-state index contributed by atoms with van der Waals surface area (Å²) in [4.78, 5) is 4.22. The molecule has 0 amide bonds. The zero-order valence-corrected chi connectivity index (χ0v) is 12.9. The van der Waals surface area contributed by atoms with E-state index in [1.807, 2.05) is 6.92 Å². The molecule has 2 aromatic rings. The highest BCUT2D eigenvalue weighted by Gasteiger charge is 2.12. The Balaban J connectivity index is 1.56. The maximum absolute atomic E-state index is 4.98. The van der Waals surface area contributed by atoms with Crippen LogP contribution < -0.4 is 5.32 Å². The number of hydrogen-bond donors (Lipinski definition) is 1. The SMILES string of the molecule is Cc1nc(CCNC(C)c2ccc3c(c2)CCCC3)no1. The lowest BCUT2D eigenvalue weighted by Gasteiger charge is -2.20. The van der Waals surface area contributed by atoms with E-state index in [0.717, 1.165) is 18.8 Å². The first-order valence-electron chi connectivity index (χ1n) is 7.86. The van der Waals surface area contributed by atoms with Crippen LogP contribution in [0.2, 0.25) is 0 Å². The van der Waals surface area contributed by atoms with Crippen LogP contribution in [0.3, 0.4) is 0 Å². The Morgan fingerprint density at radius 3 is 2.81 bits per heavy atom. The van der Waals surface area contributed by atoms with E-state index in [2.05, 4.69) is 40.6 Å². The lowest BCUT2D eigenvalue weighted by molar-refractivity contribution is 0.386. The Kier molecular flexibility index (Phi) is 4.34. The number of hydrogen-bond acceptors (Lipinski definition) is 4. The monoisotopic (exact) mass is 285 g/mol. The largest absolute Gasteiger partial charge is 0.340 e. The minimum atomic E-state index is 0.352. The first kappa shape index (κ1) is 14.3. The number of nitrogens with zero attached hydrogens (tertiary/aromatic N) is 2. The van der Waals surface area contributed by atoms with Gasteiger partial charge in [-0.3, -0.25) is 0 Å². The van der Waals surface area contributed by atoms with Crippen LogP contribution in [0.4, 0.5) is 0 Å². The van der Waals surface area contributed by atoms with Gasteiger partial charge < -0.3 is 9.84 Å². The third-order valence-electron chi connectivity index (χ3n) is 4.24. The van der Waals surface area contributed by atoms with Crippen LogP contribution in [-0.4, -0.2) is 16.7 Å². The van der Waals surface area contributed by atoms with E-state index in [1.54, 1.807) is 11.1 Å². The first-order valence-corrected chi connectivity index (χ1v) is 7.86. The molecule has 1 aromatic heterocycles. The van der Waals surface area contributed by atoms with Crippen LogP contribution in [-0.2, 0) is 19.3 Å². The standard InChI is InChI=1S/C17H23N3O/c1-12(18-10-9-17-19-13(2)21-20-17)15-8-7-14-5-3-4-6-16(14)11-15/h7-8,11-12,18H,3-6,9-10H2,1-2H3. The second-order valence-corrected chi connectivity index (χ2v) is 5.89. The number of aromatic nitrogens is 2. The van der Waals surface area contributed by atoms with Crippen LogP contribution in [0, 0.1) is 6.92 Å². The quantitative estimate of drug-likeness (QED) is 0.917. The van der Waals surface area contributed by atoms with Gasteiger partial charge in [-0.25, -0.2) is 0 Å². The summed E-state index contributed by atoms with van der Waals surface area (Å²) in [6, 6.07) is 7.31. The van der Waals surface area contributed by atoms with Crippen molar-refractivity contribution in [3.8, 4) is 0 Å². The van der Waals surface area contributed by atoms with E-state index in [4.69, 9.17) is 4.52 Å². The van der Waals surface area contributed by atoms with Crippen LogP contribution in [0.1, 0.15) is 54.2 Å². The van der Waals surface area contributed by atoms with E-state index in [9.17, 15) is 0 Å². The molecule has 4 heteroatoms. The number of rotatable bonds is 5. The van der Waals surface area contributed by atoms with E-state index in [0.29, 0.717) is 11.9 Å². The van der Waals surface area contributed by atoms with Crippen LogP contribution in [0.25, 0.3) is 0 Å². The van der Waals surface area contributed by atoms with Crippen molar-refractivity contribution in [2.45, 2.75) is 52.0 Å². The minimum Gasteiger partial charge on any atom is -0.340 e. The second-order valence-electron chi connectivity index (χ2n) is 5.89. The van der Waals surface area contributed by atoms with Gasteiger partial charge in [0.25, 0.3) is 0 Å². The highest BCUT2D eigenvalue weighted by molar-refractivity contribution is 5.35. The van der Waals surface area contributed by atoms with Gasteiger partial charge in [-0.15, -0.1) is 0 Å². The summed E-state index contributed by atoms with van der Waals surface area (Å²) in [5.74, 6) is 1.41. The lowest BCUT2D eigenvalue weighted by atomic mass is 9.89. The van der Waals surface area contributed by atoms with Crippen LogP contribution in [0.15, 0.2) is 22.7 Å². The highest BCUT2D eigenvalue weighted by atomic mass is 16.5. The lowest BCUT2D eigenvalue weighted by Crippen LogP contribution is -2.22. The Hall–Kier alpha value is -1.68. The van der Waals surface area contributed by atoms with Gasteiger partial charge in [0, 0.05) is 25.9 Å². The van der Waals surface area contributed by atoms with Gasteiger partial charge in [-0.1, -0.05) is 23.4 Å². The number of benzene rings is 1. The molecule has 1 aromatic carbocycles. The number of fused-ring (bicyclic) bond motifs is 1. The van der Waals surface area contributed by atoms with Crippen molar-refractivity contribution in [1.82, 2.24) is 15.5 Å². The molecule has 1 N–H and O–H groups in total. The fraction of sp³-hybridized carbons (Fsp3) is 0.529. The Morgan fingerprint density at radius 2 is 2.05 bits per heavy atom. The predicted octanol–water partition coefficient (Wildman–Crippen LogP) is 3.15. The molecule has 3 rings (SSSR count). The predicted molar refractivity (Wildman–Crippen MR) is 82.2 cm³/mol. The molecule has 1 unspecified atom stereocenters. The molecule has 0 radical (unpaired) electrons. The summed E-state index contributed by atoms with van der Waals surface area (Å²) >= 11 is 0. The zero-order valence-electron chi connectivity index (χ0n) is 12.9. The summed E-state index contributed by atoms with van der Waals surface area (Å²) in [6.07, 6.45) is 5.94. The van der Waals surface area contributed by atoms with Crippen LogP contribution in [0.5, 0.6) is 0 Å². The second kappa shape index (κ2) is 6.39. The Bertz CT molecular complexity index is 606. The van der Waals surface area contributed by atoms with Crippen LogP contribution >= 0.6 is 0 Å². The minimum absolute atomic E-state index is 0.352. The topological polar surface area (TPSA) is 51.0 Å². The van der Waals surface area contributed by atoms with Crippen molar-refractivity contribution >= 4 is 0 Å². The molecule has 1 aliphatic carbocycles. The molecule has 1 heterocycles. The molecular formula is C17H23N3O. The molecule has 21 heavy (non-hydrogen) atoms. The van der Waals surface area contributed by atoms with Gasteiger partial charge in [-0.2, -0.15) is 4.98 Å². The molecular weight excluding hydrogens is 262 g/mol. The maximum atomic E-state index is 4.98. The molecule has 4 nitrogen and oxygen atoms in total. The third-order valence-corrected chi connectivity index (χ3v) is 4.24. The molecule has 0 aliphatic heterocycles. The van der Waals surface area contributed by atoms with Crippen molar-refractivity contribution < 1.29 is 4.52 Å². The molecule has 0 spiro atoms. The highest BCUT2D eigenvalue weighted by Crippen LogP contribution is 2.24. The van der Waals surface area contributed by atoms with E-state index >= 15 is 0 Å². The Labute approximate surface area is 126 Å². The van der Waals surface area contributed by atoms with E-state index in [-0.39, 0.29) is 0 Å².